The van der Waals surface area contributed by atoms with E-state index in [9.17, 15) is 0 Å². The maximum absolute atomic E-state index is 6.58. The van der Waals surface area contributed by atoms with Gasteiger partial charge in [-0.15, -0.1) is 0 Å². The zero-order chi connectivity index (χ0) is 33.0. The molecule has 0 unspecified atom stereocenters. The van der Waals surface area contributed by atoms with Gasteiger partial charge in [-0.25, -0.2) is 19.9 Å². The van der Waals surface area contributed by atoms with E-state index >= 15 is 0 Å². The van der Waals surface area contributed by atoms with E-state index in [4.69, 9.17) is 28.8 Å². The number of fused-ring (bicyclic) bond motifs is 6. The minimum Gasteiger partial charge on any atom is -0.455 e. The standard InChI is InChI=1S/C44H26N4O2/c1-4-13-27(14-5-1)31-20-11-21-32-38-34(23-12-24-36(38)49-39(31)32)43-47-41(29-15-6-2-7-16-29)46-42(48-43)33-22-10-19-28-25-26-35-40(37(28)33)50-44(45-35)30-17-8-3-9-18-30/h1-26H. The molecule has 0 radical (unpaired) electrons. The highest BCUT2D eigenvalue weighted by atomic mass is 16.3. The van der Waals surface area contributed by atoms with Crippen LogP contribution in [0.25, 0.3) is 101 Å². The van der Waals surface area contributed by atoms with E-state index in [1.807, 2.05) is 109 Å². The van der Waals surface area contributed by atoms with Crippen molar-refractivity contribution in [1.82, 2.24) is 19.9 Å². The molecule has 6 nitrogen and oxygen atoms in total. The lowest BCUT2D eigenvalue weighted by molar-refractivity contribution is 0.623. The van der Waals surface area contributed by atoms with Gasteiger partial charge in [0.1, 0.15) is 16.7 Å². The van der Waals surface area contributed by atoms with E-state index in [-0.39, 0.29) is 0 Å². The topological polar surface area (TPSA) is 77.8 Å². The molecule has 0 N–H and O–H groups in total. The lowest BCUT2D eigenvalue weighted by Gasteiger charge is -2.11. The van der Waals surface area contributed by atoms with Crippen LogP contribution in [0, 0.1) is 0 Å². The Kier molecular flexibility index (Phi) is 6.39. The van der Waals surface area contributed by atoms with Crippen LogP contribution >= 0.6 is 0 Å². The predicted molar refractivity (Wildman–Crippen MR) is 199 cm³/mol. The Bertz CT molecular complexity index is 2860. The van der Waals surface area contributed by atoms with E-state index in [0.29, 0.717) is 28.9 Å². The normalized spacial score (nSPS) is 11.6. The molecule has 0 amide bonds. The Labute approximate surface area is 286 Å². The summed E-state index contributed by atoms with van der Waals surface area (Å²) in [5.41, 5.74) is 8.70. The smallest absolute Gasteiger partial charge is 0.227 e. The van der Waals surface area contributed by atoms with Gasteiger partial charge in [0.05, 0.1) is 0 Å². The number of para-hydroxylation sites is 1. The second-order valence-corrected chi connectivity index (χ2v) is 12.2. The first-order chi connectivity index (χ1) is 24.8. The van der Waals surface area contributed by atoms with Crippen LogP contribution in [0.1, 0.15) is 0 Å². The minimum absolute atomic E-state index is 0.541. The lowest BCUT2D eigenvalue weighted by Crippen LogP contribution is -2.01. The van der Waals surface area contributed by atoms with Crippen molar-refractivity contribution in [2.45, 2.75) is 0 Å². The maximum Gasteiger partial charge on any atom is 0.227 e. The van der Waals surface area contributed by atoms with Crippen LogP contribution in [0.5, 0.6) is 0 Å². The first-order valence-electron chi connectivity index (χ1n) is 16.5. The van der Waals surface area contributed by atoms with Crippen LogP contribution in [0.15, 0.2) is 167 Å². The molecule has 0 spiro atoms. The molecule has 50 heavy (non-hydrogen) atoms. The fourth-order valence-electron chi connectivity index (χ4n) is 6.86. The van der Waals surface area contributed by atoms with Gasteiger partial charge in [0.2, 0.25) is 5.89 Å². The van der Waals surface area contributed by atoms with Crippen molar-refractivity contribution in [3.8, 4) is 56.7 Å². The van der Waals surface area contributed by atoms with E-state index in [1.54, 1.807) is 0 Å². The van der Waals surface area contributed by atoms with Gasteiger partial charge in [-0.3, -0.25) is 0 Å². The summed E-state index contributed by atoms with van der Waals surface area (Å²) in [4.78, 5) is 20.3. The second-order valence-electron chi connectivity index (χ2n) is 12.2. The summed E-state index contributed by atoms with van der Waals surface area (Å²) in [5, 5.41) is 3.86. The van der Waals surface area contributed by atoms with Crippen LogP contribution in [0.3, 0.4) is 0 Å². The molecule has 0 bridgehead atoms. The summed E-state index contributed by atoms with van der Waals surface area (Å²) in [6.07, 6.45) is 0. The molecule has 0 atom stereocenters. The number of hydrogen-bond acceptors (Lipinski definition) is 6. The SMILES string of the molecule is c1ccc(-c2nc(-c3cccc4oc5c(-c6ccccc6)cccc5c34)nc(-c3cccc4ccc5nc(-c6ccccc6)oc5c34)n2)cc1. The average Bonchev–Trinajstić information content (AvgIpc) is 3.81. The van der Waals surface area contributed by atoms with Gasteiger partial charge >= 0.3 is 0 Å². The third-order valence-electron chi connectivity index (χ3n) is 9.18. The number of aromatic nitrogens is 4. The van der Waals surface area contributed by atoms with Gasteiger partial charge in [0.15, 0.2) is 23.1 Å². The zero-order valence-electron chi connectivity index (χ0n) is 26.6. The highest BCUT2D eigenvalue weighted by molar-refractivity contribution is 6.15. The van der Waals surface area contributed by atoms with E-state index in [0.717, 1.165) is 71.6 Å². The molecular formula is C44H26N4O2. The molecular weight excluding hydrogens is 617 g/mol. The van der Waals surface area contributed by atoms with E-state index < -0.39 is 0 Å². The zero-order valence-corrected chi connectivity index (χ0v) is 26.6. The molecule has 6 heteroatoms. The third kappa shape index (κ3) is 4.58. The molecule has 0 saturated carbocycles. The molecule has 7 aromatic carbocycles. The highest BCUT2D eigenvalue weighted by Crippen LogP contribution is 2.41. The molecule has 0 saturated heterocycles. The molecule has 10 aromatic rings. The fraction of sp³-hybridized carbons (Fsp3) is 0. The molecule has 3 heterocycles. The van der Waals surface area contributed by atoms with Gasteiger partial charge < -0.3 is 8.83 Å². The number of benzene rings is 7. The van der Waals surface area contributed by atoms with Crippen LogP contribution in [-0.4, -0.2) is 19.9 Å². The Morgan fingerprint density at radius 2 is 0.960 bits per heavy atom. The summed E-state index contributed by atoms with van der Waals surface area (Å²) in [5.74, 6) is 2.24. The summed E-state index contributed by atoms with van der Waals surface area (Å²) in [7, 11) is 0. The Morgan fingerprint density at radius 1 is 0.360 bits per heavy atom. The largest absolute Gasteiger partial charge is 0.455 e. The lowest BCUT2D eigenvalue weighted by atomic mass is 10.00. The first kappa shape index (κ1) is 28.1. The second kappa shape index (κ2) is 11.4. The van der Waals surface area contributed by atoms with Crippen LogP contribution in [-0.2, 0) is 0 Å². The number of nitrogens with zero attached hydrogens (tertiary/aromatic N) is 4. The summed E-state index contributed by atoms with van der Waals surface area (Å²) >= 11 is 0. The van der Waals surface area contributed by atoms with Gasteiger partial charge in [-0.2, -0.15) is 0 Å². The number of oxazole rings is 1. The molecule has 234 valence electrons. The van der Waals surface area contributed by atoms with Crippen LogP contribution in [0.2, 0.25) is 0 Å². The van der Waals surface area contributed by atoms with Gasteiger partial charge in [0, 0.05) is 44.0 Å². The summed E-state index contributed by atoms with van der Waals surface area (Å²) in [6.45, 7) is 0. The highest BCUT2D eigenvalue weighted by Gasteiger charge is 2.21. The fourth-order valence-corrected chi connectivity index (χ4v) is 6.86. The molecule has 0 aliphatic rings. The number of rotatable bonds is 5. The van der Waals surface area contributed by atoms with Gasteiger partial charge in [-0.05, 0) is 35.2 Å². The monoisotopic (exact) mass is 642 g/mol. The van der Waals surface area contributed by atoms with E-state index in [1.165, 1.54) is 0 Å². The molecule has 0 aliphatic carbocycles. The van der Waals surface area contributed by atoms with Crippen LogP contribution < -0.4 is 0 Å². The maximum atomic E-state index is 6.58. The van der Waals surface area contributed by atoms with Crippen molar-refractivity contribution < 1.29 is 8.83 Å². The van der Waals surface area contributed by atoms with Crippen molar-refractivity contribution in [2.24, 2.45) is 0 Å². The van der Waals surface area contributed by atoms with Crippen molar-refractivity contribution in [3.05, 3.63) is 158 Å². The predicted octanol–water partition coefficient (Wildman–Crippen LogP) is 11.4. The minimum atomic E-state index is 0.541. The molecule has 3 aromatic heterocycles. The van der Waals surface area contributed by atoms with Gasteiger partial charge in [0.25, 0.3) is 0 Å². The number of hydrogen-bond donors (Lipinski definition) is 0. The van der Waals surface area contributed by atoms with Crippen molar-refractivity contribution >= 4 is 43.8 Å². The third-order valence-corrected chi connectivity index (χ3v) is 9.18. The van der Waals surface area contributed by atoms with E-state index in [2.05, 4.69) is 48.5 Å². The number of furan rings is 1. The summed E-state index contributed by atoms with van der Waals surface area (Å²) in [6, 6.07) is 52.8. The quantitative estimate of drug-likeness (QED) is 0.186. The Morgan fingerprint density at radius 3 is 1.70 bits per heavy atom. The van der Waals surface area contributed by atoms with Gasteiger partial charge in [-0.1, -0.05) is 133 Å². The van der Waals surface area contributed by atoms with Crippen molar-refractivity contribution in [1.29, 1.82) is 0 Å². The Hall–Kier alpha value is -6.92. The summed E-state index contributed by atoms with van der Waals surface area (Å²) < 4.78 is 13.1. The molecule has 10 rings (SSSR count). The van der Waals surface area contributed by atoms with Crippen molar-refractivity contribution in [2.75, 3.05) is 0 Å². The average molecular weight is 643 g/mol. The molecule has 0 fully saturated rings. The Balaban J connectivity index is 1.23. The van der Waals surface area contributed by atoms with Crippen LogP contribution in [0.4, 0.5) is 0 Å². The molecule has 0 aliphatic heterocycles. The van der Waals surface area contributed by atoms with Crippen molar-refractivity contribution in [3.63, 3.8) is 0 Å². The first-order valence-corrected chi connectivity index (χ1v) is 16.5.